The highest BCUT2D eigenvalue weighted by Gasteiger charge is 2.15. The molecule has 0 bridgehead atoms. The molecular weight excluding hydrogens is 359 g/mol. The van der Waals surface area contributed by atoms with E-state index in [1.165, 1.54) is 36.4 Å². The monoisotopic (exact) mass is 368 g/mol. The second kappa shape index (κ2) is 6.59. The van der Waals surface area contributed by atoms with Crippen LogP contribution in [-0.4, -0.2) is 20.6 Å². The van der Waals surface area contributed by atoms with Crippen LogP contribution in [0.25, 0.3) is 0 Å². The lowest BCUT2D eigenvalue weighted by atomic mass is 10.1. The Balaban J connectivity index is 2.28. The lowest BCUT2D eigenvalue weighted by molar-refractivity contribution is 0.102. The van der Waals surface area contributed by atoms with Gasteiger partial charge in [0.15, 0.2) is 9.84 Å². The van der Waals surface area contributed by atoms with Crippen molar-refractivity contribution in [3.05, 3.63) is 57.6 Å². The number of rotatable bonds is 3. The molecule has 0 saturated heterocycles. The molecule has 23 heavy (non-hydrogen) atoms. The quantitative estimate of drug-likeness (QED) is 0.897. The highest BCUT2D eigenvalue weighted by atomic mass is 35.5. The van der Waals surface area contributed by atoms with Gasteiger partial charge in [0, 0.05) is 11.9 Å². The van der Waals surface area contributed by atoms with Gasteiger partial charge in [0.25, 0.3) is 5.91 Å². The van der Waals surface area contributed by atoms with Gasteiger partial charge >= 0.3 is 0 Å². The van der Waals surface area contributed by atoms with Gasteiger partial charge in [0.1, 0.15) is 6.07 Å². The first-order valence-corrected chi connectivity index (χ1v) is 8.87. The molecule has 5 nitrogen and oxygen atoms in total. The van der Waals surface area contributed by atoms with Crippen molar-refractivity contribution in [2.24, 2.45) is 0 Å². The fourth-order valence-corrected chi connectivity index (χ4v) is 2.93. The molecule has 0 aliphatic rings. The van der Waals surface area contributed by atoms with Crippen molar-refractivity contribution in [3.8, 4) is 6.07 Å². The predicted molar refractivity (Wildman–Crippen MR) is 88.7 cm³/mol. The number of carbonyl (C=O) groups is 1. The summed E-state index contributed by atoms with van der Waals surface area (Å²) in [5, 5.41) is 11.8. The van der Waals surface area contributed by atoms with Gasteiger partial charge < -0.3 is 5.32 Å². The van der Waals surface area contributed by atoms with Crippen molar-refractivity contribution in [2.45, 2.75) is 4.90 Å². The zero-order valence-electron chi connectivity index (χ0n) is 11.8. The Labute approximate surface area is 143 Å². The van der Waals surface area contributed by atoms with Crippen LogP contribution in [0.1, 0.15) is 15.9 Å². The summed E-state index contributed by atoms with van der Waals surface area (Å²) in [4.78, 5) is 12.4. The second-order valence-corrected chi connectivity index (χ2v) is 7.50. The predicted octanol–water partition coefficient (Wildman–Crippen LogP) is 3.52. The number of benzene rings is 2. The van der Waals surface area contributed by atoms with Crippen molar-refractivity contribution in [2.75, 3.05) is 11.6 Å². The van der Waals surface area contributed by atoms with Crippen molar-refractivity contribution < 1.29 is 13.2 Å². The molecule has 0 saturated carbocycles. The van der Waals surface area contributed by atoms with Gasteiger partial charge in [-0.3, -0.25) is 4.79 Å². The molecule has 118 valence electrons. The van der Waals surface area contributed by atoms with Gasteiger partial charge in [0.05, 0.1) is 26.1 Å². The summed E-state index contributed by atoms with van der Waals surface area (Å²) >= 11 is 11.8. The number of hydrogen-bond acceptors (Lipinski definition) is 4. The molecular formula is C15H10Cl2N2O3S. The van der Waals surface area contributed by atoms with Gasteiger partial charge in [-0.15, -0.1) is 0 Å². The maximum Gasteiger partial charge on any atom is 0.257 e. The smallest absolute Gasteiger partial charge is 0.257 e. The number of carbonyl (C=O) groups excluding carboxylic acids is 1. The number of anilines is 1. The molecule has 1 amide bonds. The summed E-state index contributed by atoms with van der Waals surface area (Å²) in [6.07, 6.45) is 1.09. The number of sulfone groups is 1. The van der Waals surface area contributed by atoms with Crippen LogP contribution in [0, 0.1) is 11.3 Å². The van der Waals surface area contributed by atoms with Gasteiger partial charge in [-0.2, -0.15) is 5.26 Å². The molecule has 0 aliphatic heterocycles. The van der Waals surface area contributed by atoms with E-state index in [9.17, 15) is 13.2 Å². The number of nitriles is 1. The lowest BCUT2D eigenvalue weighted by Crippen LogP contribution is -2.13. The molecule has 0 aromatic heterocycles. The van der Waals surface area contributed by atoms with Crippen LogP contribution < -0.4 is 5.32 Å². The summed E-state index contributed by atoms with van der Waals surface area (Å²) in [5.74, 6) is -0.532. The molecule has 0 fully saturated rings. The van der Waals surface area contributed by atoms with Crippen molar-refractivity contribution in [1.29, 1.82) is 5.26 Å². The molecule has 0 atom stereocenters. The Morgan fingerprint density at radius 1 is 1.13 bits per heavy atom. The third-order valence-electron chi connectivity index (χ3n) is 2.96. The van der Waals surface area contributed by atoms with Crippen LogP contribution in [0.5, 0.6) is 0 Å². The number of nitrogens with zero attached hydrogens (tertiary/aromatic N) is 1. The molecule has 8 heteroatoms. The van der Waals surface area contributed by atoms with E-state index in [-0.39, 0.29) is 26.1 Å². The van der Waals surface area contributed by atoms with Crippen LogP contribution in [0.2, 0.25) is 10.0 Å². The third kappa shape index (κ3) is 4.02. The third-order valence-corrected chi connectivity index (χ3v) is 4.72. The molecule has 0 spiro atoms. The van der Waals surface area contributed by atoms with E-state index in [0.717, 1.165) is 6.26 Å². The van der Waals surface area contributed by atoms with Crippen molar-refractivity contribution >= 4 is 44.6 Å². The summed E-state index contributed by atoms with van der Waals surface area (Å²) in [7, 11) is -3.31. The summed E-state index contributed by atoms with van der Waals surface area (Å²) in [5.41, 5.74) is 0.625. The van der Waals surface area contributed by atoms with E-state index in [1.807, 2.05) is 6.07 Å². The van der Waals surface area contributed by atoms with Crippen LogP contribution in [0.4, 0.5) is 5.69 Å². The topological polar surface area (TPSA) is 87.0 Å². The molecule has 0 unspecified atom stereocenters. The fourth-order valence-electron chi connectivity index (χ4n) is 1.79. The Morgan fingerprint density at radius 2 is 1.74 bits per heavy atom. The molecule has 2 rings (SSSR count). The van der Waals surface area contributed by atoms with E-state index >= 15 is 0 Å². The maximum atomic E-state index is 12.2. The van der Waals surface area contributed by atoms with Crippen LogP contribution in [0.15, 0.2) is 41.3 Å². The van der Waals surface area contributed by atoms with Crippen LogP contribution in [-0.2, 0) is 9.84 Å². The van der Waals surface area contributed by atoms with E-state index < -0.39 is 15.7 Å². The highest BCUT2D eigenvalue weighted by molar-refractivity contribution is 7.90. The summed E-state index contributed by atoms with van der Waals surface area (Å²) in [6.45, 7) is 0. The zero-order valence-corrected chi connectivity index (χ0v) is 14.1. The van der Waals surface area contributed by atoms with Crippen molar-refractivity contribution in [3.63, 3.8) is 0 Å². The number of amides is 1. The second-order valence-electron chi connectivity index (χ2n) is 4.67. The van der Waals surface area contributed by atoms with Gasteiger partial charge in [-0.1, -0.05) is 23.2 Å². The van der Waals surface area contributed by atoms with E-state index in [1.54, 1.807) is 0 Å². The average molecular weight is 369 g/mol. The first-order valence-electron chi connectivity index (χ1n) is 6.23. The zero-order chi connectivity index (χ0) is 17.2. The Bertz CT molecular complexity index is 917. The SMILES string of the molecule is CS(=O)(=O)c1ccc(NC(=O)c2cc(C#N)c(Cl)cc2Cl)cc1. The number of nitrogens with one attached hydrogen (secondary N) is 1. The molecule has 1 N–H and O–H groups in total. The van der Waals surface area contributed by atoms with Crippen LogP contribution >= 0.6 is 23.2 Å². The molecule has 0 aliphatic carbocycles. The summed E-state index contributed by atoms with van der Waals surface area (Å²) < 4.78 is 22.8. The van der Waals surface area contributed by atoms with E-state index in [2.05, 4.69) is 5.32 Å². The minimum Gasteiger partial charge on any atom is -0.322 e. The standard InChI is InChI=1S/C15H10Cl2N2O3S/c1-23(21,22)11-4-2-10(3-5-11)19-15(20)12-6-9(8-18)13(16)7-14(12)17/h2-7H,1H3,(H,19,20). The van der Waals surface area contributed by atoms with Gasteiger partial charge in [0.2, 0.25) is 0 Å². The normalized spacial score (nSPS) is 10.9. The molecule has 2 aromatic carbocycles. The number of hydrogen-bond donors (Lipinski definition) is 1. The Hall–Kier alpha value is -2.07. The first-order chi connectivity index (χ1) is 10.7. The largest absolute Gasteiger partial charge is 0.322 e. The summed E-state index contributed by atoms with van der Waals surface area (Å²) in [6, 6.07) is 10.2. The highest BCUT2D eigenvalue weighted by Crippen LogP contribution is 2.26. The van der Waals surface area contributed by atoms with Crippen LogP contribution in [0.3, 0.4) is 0 Å². The van der Waals surface area contributed by atoms with E-state index in [0.29, 0.717) is 5.69 Å². The van der Waals surface area contributed by atoms with Gasteiger partial charge in [-0.25, -0.2) is 8.42 Å². The Kier molecular flexibility index (Phi) is 4.95. The lowest BCUT2D eigenvalue weighted by Gasteiger charge is -2.08. The minimum atomic E-state index is -3.31. The first kappa shape index (κ1) is 17.3. The fraction of sp³-hybridized carbons (Fsp3) is 0.0667. The molecule has 0 heterocycles. The molecule has 2 aromatic rings. The maximum absolute atomic E-state index is 12.2. The number of halogens is 2. The minimum absolute atomic E-state index is 0.0970. The van der Waals surface area contributed by atoms with E-state index in [4.69, 9.17) is 28.5 Å². The molecule has 0 radical (unpaired) electrons. The Morgan fingerprint density at radius 3 is 2.26 bits per heavy atom. The van der Waals surface area contributed by atoms with Crippen molar-refractivity contribution in [1.82, 2.24) is 0 Å². The average Bonchev–Trinajstić information content (AvgIpc) is 2.47. The van der Waals surface area contributed by atoms with Gasteiger partial charge in [-0.05, 0) is 36.4 Å².